The van der Waals surface area contributed by atoms with E-state index in [9.17, 15) is 0 Å². The quantitative estimate of drug-likeness (QED) is 0.926. The molecule has 1 unspecified atom stereocenters. The maximum atomic E-state index is 5.48. The Morgan fingerprint density at radius 3 is 3.12 bits per heavy atom. The van der Waals surface area contributed by atoms with Gasteiger partial charge in [-0.15, -0.1) is 11.3 Å². The number of hydrogen-bond acceptors (Lipinski definition) is 5. The van der Waals surface area contributed by atoms with Gasteiger partial charge in [0.25, 0.3) is 0 Å². The van der Waals surface area contributed by atoms with E-state index in [2.05, 4.69) is 26.2 Å². The molecule has 2 aromatic heterocycles. The fourth-order valence-electron chi connectivity index (χ4n) is 1.74. The lowest BCUT2D eigenvalue weighted by molar-refractivity contribution is 0.0768. The summed E-state index contributed by atoms with van der Waals surface area (Å²) in [6.07, 6.45) is 0. The highest BCUT2D eigenvalue weighted by Crippen LogP contribution is 2.29. The van der Waals surface area contributed by atoms with Gasteiger partial charge in [0.05, 0.1) is 19.3 Å². The van der Waals surface area contributed by atoms with Gasteiger partial charge in [0.2, 0.25) is 0 Å². The summed E-state index contributed by atoms with van der Waals surface area (Å²) in [4.78, 5) is 4.58. The molecule has 1 N–H and O–H groups in total. The first kappa shape index (κ1) is 11.4. The van der Waals surface area contributed by atoms with Crippen LogP contribution in [0.2, 0.25) is 0 Å². The van der Waals surface area contributed by atoms with Crippen molar-refractivity contribution in [1.82, 2.24) is 10.3 Å². The van der Waals surface area contributed by atoms with Crippen molar-refractivity contribution in [3.05, 3.63) is 27.2 Å². The standard InChI is InChI=1S/C11H11BrN2O2S/c12-10-2-1-9(16-10)8-6-17-11(14-8)7-5-15-4-3-13-7/h1-2,6-7,13H,3-5H2. The first-order valence-corrected chi connectivity index (χ1v) is 7.02. The van der Waals surface area contributed by atoms with Crippen molar-refractivity contribution in [3.8, 4) is 11.5 Å². The molecule has 0 aliphatic carbocycles. The van der Waals surface area contributed by atoms with Gasteiger partial charge in [-0.1, -0.05) is 0 Å². The average Bonchev–Trinajstić information content (AvgIpc) is 2.98. The van der Waals surface area contributed by atoms with E-state index < -0.39 is 0 Å². The molecule has 90 valence electrons. The van der Waals surface area contributed by atoms with Gasteiger partial charge in [-0.05, 0) is 28.1 Å². The Hall–Kier alpha value is -0.690. The molecular weight excluding hydrogens is 304 g/mol. The summed E-state index contributed by atoms with van der Waals surface area (Å²) >= 11 is 4.92. The van der Waals surface area contributed by atoms with Crippen LogP contribution in [0.5, 0.6) is 0 Å². The zero-order valence-corrected chi connectivity index (χ0v) is 11.4. The van der Waals surface area contributed by atoms with Gasteiger partial charge < -0.3 is 14.5 Å². The monoisotopic (exact) mass is 314 g/mol. The highest BCUT2D eigenvalue weighted by Gasteiger charge is 2.19. The van der Waals surface area contributed by atoms with Crippen LogP contribution < -0.4 is 5.32 Å². The maximum absolute atomic E-state index is 5.48. The number of hydrogen-bond donors (Lipinski definition) is 1. The Balaban J connectivity index is 1.82. The van der Waals surface area contributed by atoms with Gasteiger partial charge in [0.1, 0.15) is 10.7 Å². The van der Waals surface area contributed by atoms with Crippen molar-refractivity contribution in [2.45, 2.75) is 6.04 Å². The summed E-state index contributed by atoms with van der Waals surface area (Å²) in [5.41, 5.74) is 0.878. The van der Waals surface area contributed by atoms with Crippen molar-refractivity contribution in [2.75, 3.05) is 19.8 Å². The number of morpholine rings is 1. The third kappa shape index (κ3) is 2.44. The zero-order valence-electron chi connectivity index (χ0n) is 8.98. The molecule has 0 spiro atoms. The van der Waals surface area contributed by atoms with Crippen molar-refractivity contribution in [3.63, 3.8) is 0 Å². The Morgan fingerprint density at radius 2 is 2.41 bits per heavy atom. The van der Waals surface area contributed by atoms with Crippen LogP contribution in [0.3, 0.4) is 0 Å². The van der Waals surface area contributed by atoms with E-state index in [0.717, 1.165) is 34.3 Å². The molecule has 0 saturated carbocycles. The van der Waals surface area contributed by atoms with Gasteiger partial charge in [0.15, 0.2) is 10.4 Å². The number of thiazole rings is 1. The predicted molar refractivity (Wildman–Crippen MR) is 69.1 cm³/mol. The maximum Gasteiger partial charge on any atom is 0.169 e. The van der Waals surface area contributed by atoms with Crippen LogP contribution in [0.1, 0.15) is 11.0 Å². The van der Waals surface area contributed by atoms with Gasteiger partial charge in [-0.3, -0.25) is 0 Å². The lowest BCUT2D eigenvalue weighted by Gasteiger charge is -2.21. The molecule has 0 amide bonds. The van der Waals surface area contributed by atoms with Crippen LogP contribution in [0.15, 0.2) is 26.6 Å². The Labute approximate surface area is 111 Å². The van der Waals surface area contributed by atoms with Crippen LogP contribution in [-0.2, 0) is 4.74 Å². The number of halogens is 1. The molecule has 3 heterocycles. The van der Waals surface area contributed by atoms with Crippen molar-refractivity contribution < 1.29 is 9.15 Å². The van der Waals surface area contributed by atoms with E-state index in [0.29, 0.717) is 6.61 Å². The first-order chi connectivity index (χ1) is 8.33. The van der Waals surface area contributed by atoms with E-state index in [1.54, 1.807) is 11.3 Å². The number of nitrogens with one attached hydrogen (secondary N) is 1. The average molecular weight is 315 g/mol. The van der Waals surface area contributed by atoms with E-state index in [1.165, 1.54) is 0 Å². The third-order valence-electron chi connectivity index (χ3n) is 2.57. The van der Waals surface area contributed by atoms with Crippen LogP contribution in [0, 0.1) is 0 Å². The largest absolute Gasteiger partial charge is 0.448 e. The predicted octanol–water partition coefficient (Wildman–Crippen LogP) is 2.83. The topological polar surface area (TPSA) is 47.3 Å². The zero-order chi connectivity index (χ0) is 11.7. The molecule has 6 heteroatoms. The third-order valence-corrected chi connectivity index (χ3v) is 3.95. The van der Waals surface area contributed by atoms with Gasteiger partial charge in [0, 0.05) is 11.9 Å². The minimum absolute atomic E-state index is 0.209. The molecule has 1 saturated heterocycles. The van der Waals surface area contributed by atoms with Crippen LogP contribution in [-0.4, -0.2) is 24.7 Å². The summed E-state index contributed by atoms with van der Waals surface area (Å²) in [6, 6.07) is 3.99. The number of nitrogens with zero attached hydrogens (tertiary/aromatic N) is 1. The van der Waals surface area contributed by atoms with E-state index >= 15 is 0 Å². The molecule has 0 aromatic carbocycles. The second kappa shape index (κ2) is 4.89. The molecule has 17 heavy (non-hydrogen) atoms. The van der Waals surface area contributed by atoms with Gasteiger partial charge >= 0.3 is 0 Å². The normalized spacial score (nSPS) is 20.6. The van der Waals surface area contributed by atoms with E-state index in [-0.39, 0.29) is 6.04 Å². The van der Waals surface area contributed by atoms with Crippen LogP contribution in [0.25, 0.3) is 11.5 Å². The summed E-state index contributed by atoms with van der Waals surface area (Å²) < 4.78 is 11.6. The summed E-state index contributed by atoms with van der Waals surface area (Å²) in [6.45, 7) is 2.35. The smallest absolute Gasteiger partial charge is 0.169 e. The fourth-order valence-corrected chi connectivity index (χ4v) is 2.91. The Bertz CT molecular complexity index is 505. The van der Waals surface area contributed by atoms with Crippen molar-refractivity contribution in [2.24, 2.45) is 0 Å². The lowest BCUT2D eigenvalue weighted by atomic mass is 10.3. The molecule has 3 rings (SSSR count). The van der Waals surface area contributed by atoms with Gasteiger partial charge in [-0.2, -0.15) is 0 Å². The minimum atomic E-state index is 0.209. The van der Waals surface area contributed by atoms with Crippen LogP contribution >= 0.6 is 27.3 Å². The lowest BCUT2D eigenvalue weighted by Crippen LogP contribution is -2.34. The summed E-state index contributed by atoms with van der Waals surface area (Å²) in [5, 5.41) is 6.45. The number of furan rings is 1. The second-order valence-corrected chi connectivity index (χ2v) is 5.43. The fraction of sp³-hybridized carbons (Fsp3) is 0.364. The highest BCUT2D eigenvalue weighted by molar-refractivity contribution is 9.10. The van der Waals surface area contributed by atoms with E-state index in [4.69, 9.17) is 9.15 Å². The molecule has 1 atom stereocenters. The molecular formula is C11H11BrN2O2S. The summed E-state index contributed by atoms with van der Waals surface area (Å²) in [5.74, 6) is 0.788. The highest BCUT2D eigenvalue weighted by atomic mass is 79.9. The van der Waals surface area contributed by atoms with Crippen LogP contribution in [0.4, 0.5) is 0 Å². The Morgan fingerprint density at radius 1 is 1.47 bits per heavy atom. The first-order valence-electron chi connectivity index (χ1n) is 5.35. The molecule has 0 bridgehead atoms. The van der Waals surface area contributed by atoms with Gasteiger partial charge in [-0.25, -0.2) is 4.98 Å². The number of aromatic nitrogens is 1. The summed E-state index contributed by atoms with van der Waals surface area (Å²) in [7, 11) is 0. The molecule has 2 aromatic rings. The SMILES string of the molecule is Brc1ccc(-c2csc(C3COCCN3)n2)o1. The van der Waals surface area contributed by atoms with Crippen molar-refractivity contribution in [1.29, 1.82) is 0 Å². The number of rotatable bonds is 2. The molecule has 1 aliphatic rings. The number of ether oxygens (including phenoxy) is 1. The van der Waals surface area contributed by atoms with Crippen molar-refractivity contribution >= 4 is 27.3 Å². The molecule has 0 radical (unpaired) electrons. The molecule has 1 aliphatic heterocycles. The second-order valence-electron chi connectivity index (χ2n) is 3.76. The molecule has 4 nitrogen and oxygen atoms in total. The minimum Gasteiger partial charge on any atom is -0.448 e. The Kier molecular flexibility index (Phi) is 3.28. The molecule has 1 fully saturated rings. The van der Waals surface area contributed by atoms with E-state index in [1.807, 2.05) is 17.5 Å².